The molecule has 2 aromatic rings. The maximum atomic E-state index is 13.2. The zero-order chi connectivity index (χ0) is 17.7. The molecule has 1 saturated carbocycles. The Hall–Kier alpha value is -2.40. The van der Waals surface area contributed by atoms with Crippen LogP contribution in [0.15, 0.2) is 54.6 Å². The molecule has 4 nitrogen and oxygen atoms in total. The van der Waals surface area contributed by atoms with Crippen LogP contribution in [0, 0.1) is 5.82 Å². The molecule has 1 aliphatic rings. The van der Waals surface area contributed by atoms with Gasteiger partial charge in [-0.25, -0.2) is 9.18 Å². The van der Waals surface area contributed by atoms with Crippen molar-refractivity contribution in [1.82, 2.24) is 10.6 Å². The minimum absolute atomic E-state index is 0.0137. The fraction of sp³-hybridized carbons (Fsp3) is 0.350. The van der Waals surface area contributed by atoms with Crippen molar-refractivity contribution >= 4 is 6.03 Å². The first-order valence-corrected chi connectivity index (χ1v) is 8.60. The van der Waals surface area contributed by atoms with E-state index in [0.29, 0.717) is 12.1 Å². The standard InChI is InChI=1S/C20H23FN2O2/c21-17-9-4-6-15(12-17)18(24)13-22-19(25)23-14-20(10-5-11-20)16-7-2-1-3-8-16/h1-4,6-9,12,18,24H,5,10-11,13-14H2,(H2,22,23,25). The Labute approximate surface area is 147 Å². The largest absolute Gasteiger partial charge is 0.387 e. The summed E-state index contributed by atoms with van der Waals surface area (Å²) in [6.45, 7) is 0.604. The average Bonchev–Trinajstić information content (AvgIpc) is 2.59. The summed E-state index contributed by atoms with van der Waals surface area (Å²) in [7, 11) is 0. The van der Waals surface area contributed by atoms with Gasteiger partial charge in [0.25, 0.3) is 0 Å². The van der Waals surface area contributed by atoms with Gasteiger partial charge in [0.15, 0.2) is 0 Å². The topological polar surface area (TPSA) is 61.4 Å². The van der Waals surface area contributed by atoms with Gasteiger partial charge in [0.1, 0.15) is 5.82 Å². The molecule has 1 fully saturated rings. The normalized spacial score (nSPS) is 16.6. The number of rotatable bonds is 6. The van der Waals surface area contributed by atoms with E-state index in [2.05, 4.69) is 22.8 Å². The summed E-state index contributed by atoms with van der Waals surface area (Å²) in [4.78, 5) is 12.1. The zero-order valence-electron chi connectivity index (χ0n) is 14.0. The molecule has 0 radical (unpaired) electrons. The van der Waals surface area contributed by atoms with Crippen LogP contribution >= 0.6 is 0 Å². The van der Waals surface area contributed by atoms with E-state index in [0.717, 1.165) is 19.3 Å². The Morgan fingerprint density at radius 3 is 2.52 bits per heavy atom. The van der Waals surface area contributed by atoms with Crippen LogP contribution < -0.4 is 10.6 Å². The highest BCUT2D eigenvalue weighted by Gasteiger charge is 2.38. The predicted octanol–water partition coefficient (Wildman–Crippen LogP) is 3.28. The third kappa shape index (κ3) is 4.17. The number of urea groups is 1. The summed E-state index contributed by atoms with van der Waals surface area (Å²) in [6, 6.07) is 15.7. The second-order valence-electron chi connectivity index (χ2n) is 6.63. The molecular formula is C20H23FN2O2. The molecule has 25 heavy (non-hydrogen) atoms. The van der Waals surface area contributed by atoms with E-state index in [1.807, 2.05) is 18.2 Å². The Morgan fingerprint density at radius 1 is 1.12 bits per heavy atom. The molecule has 0 aromatic heterocycles. The second kappa shape index (κ2) is 7.66. The number of nitrogens with one attached hydrogen (secondary N) is 2. The van der Waals surface area contributed by atoms with Gasteiger partial charge in [0.05, 0.1) is 6.10 Å². The highest BCUT2D eigenvalue weighted by Crippen LogP contribution is 2.43. The van der Waals surface area contributed by atoms with E-state index in [1.165, 1.54) is 23.8 Å². The smallest absolute Gasteiger partial charge is 0.314 e. The number of benzene rings is 2. The van der Waals surface area contributed by atoms with Crippen LogP contribution in [0.25, 0.3) is 0 Å². The molecule has 1 atom stereocenters. The van der Waals surface area contributed by atoms with Crippen molar-refractivity contribution in [2.45, 2.75) is 30.8 Å². The molecule has 2 aromatic carbocycles. The van der Waals surface area contributed by atoms with E-state index >= 15 is 0 Å². The Bertz CT molecular complexity index is 717. The fourth-order valence-electron chi connectivity index (χ4n) is 3.30. The average molecular weight is 342 g/mol. The number of hydrogen-bond acceptors (Lipinski definition) is 2. The Morgan fingerprint density at radius 2 is 1.88 bits per heavy atom. The molecular weight excluding hydrogens is 319 g/mol. The number of carbonyl (C=O) groups excluding carboxylic acids is 1. The molecule has 3 N–H and O–H groups in total. The molecule has 0 bridgehead atoms. The van der Waals surface area contributed by atoms with E-state index in [-0.39, 0.29) is 18.0 Å². The van der Waals surface area contributed by atoms with Gasteiger partial charge >= 0.3 is 6.03 Å². The molecule has 0 heterocycles. The zero-order valence-corrected chi connectivity index (χ0v) is 14.0. The highest BCUT2D eigenvalue weighted by atomic mass is 19.1. The van der Waals surface area contributed by atoms with Crippen molar-refractivity contribution in [2.24, 2.45) is 0 Å². The third-order valence-corrected chi connectivity index (χ3v) is 4.97. The second-order valence-corrected chi connectivity index (χ2v) is 6.63. The molecule has 3 rings (SSSR count). The lowest BCUT2D eigenvalue weighted by Gasteiger charge is -2.42. The monoisotopic (exact) mass is 342 g/mol. The van der Waals surface area contributed by atoms with Gasteiger partial charge in [-0.15, -0.1) is 0 Å². The first kappa shape index (κ1) is 17.4. The van der Waals surface area contributed by atoms with Crippen LogP contribution in [-0.4, -0.2) is 24.2 Å². The quantitative estimate of drug-likeness (QED) is 0.754. The minimum Gasteiger partial charge on any atom is -0.387 e. The molecule has 5 heteroatoms. The minimum atomic E-state index is -0.937. The van der Waals surface area contributed by atoms with Crippen molar-refractivity contribution in [2.75, 3.05) is 13.1 Å². The van der Waals surface area contributed by atoms with Crippen molar-refractivity contribution in [3.63, 3.8) is 0 Å². The molecule has 1 unspecified atom stereocenters. The van der Waals surface area contributed by atoms with E-state index in [1.54, 1.807) is 6.07 Å². The molecule has 132 valence electrons. The number of halogens is 1. The lowest BCUT2D eigenvalue weighted by atomic mass is 9.64. The van der Waals surface area contributed by atoms with Gasteiger partial charge in [0.2, 0.25) is 0 Å². The molecule has 0 aliphatic heterocycles. The third-order valence-electron chi connectivity index (χ3n) is 4.97. The summed E-state index contributed by atoms with van der Waals surface area (Å²) in [5, 5.41) is 15.6. The van der Waals surface area contributed by atoms with Gasteiger partial charge in [-0.2, -0.15) is 0 Å². The van der Waals surface area contributed by atoms with Crippen molar-refractivity contribution < 1.29 is 14.3 Å². The summed E-state index contributed by atoms with van der Waals surface area (Å²) in [5.41, 5.74) is 1.71. The Balaban J connectivity index is 1.49. The lowest BCUT2D eigenvalue weighted by molar-refractivity contribution is 0.170. The van der Waals surface area contributed by atoms with Gasteiger partial charge in [-0.3, -0.25) is 0 Å². The van der Waals surface area contributed by atoms with E-state index < -0.39 is 11.9 Å². The molecule has 0 spiro atoms. The summed E-state index contributed by atoms with van der Waals surface area (Å²) in [5.74, 6) is -0.407. The predicted molar refractivity (Wildman–Crippen MR) is 94.7 cm³/mol. The first-order valence-electron chi connectivity index (χ1n) is 8.60. The Kier molecular flexibility index (Phi) is 5.34. The number of aliphatic hydroxyl groups excluding tert-OH is 1. The van der Waals surface area contributed by atoms with Gasteiger partial charge < -0.3 is 15.7 Å². The van der Waals surface area contributed by atoms with Crippen LogP contribution in [0.2, 0.25) is 0 Å². The van der Waals surface area contributed by atoms with Crippen molar-refractivity contribution in [3.8, 4) is 0 Å². The van der Waals surface area contributed by atoms with Gasteiger partial charge in [-0.1, -0.05) is 48.9 Å². The van der Waals surface area contributed by atoms with Crippen LogP contribution in [0.5, 0.6) is 0 Å². The SMILES string of the molecule is O=C(NCC(O)c1cccc(F)c1)NCC1(c2ccccc2)CCC1. The van der Waals surface area contributed by atoms with Gasteiger partial charge in [0, 0.05) is 18.5 Å². The number of aliphatic hydroxyl groups is 1. The molecule has 0 saturated heterocycles. The van der Waals surface area contributed by atoms with E-state index in [4.69, 9.17) is 0 Å². The first-order chi connectivity index (χ1) is 12.1. The summed E-state index contributed by atoms with van der Waals surface area (Å²) >= 11 is 0. The number of amides is 2. The van der Waals surface area contributed by atoms with Crippen molar-refractivity contribution in [3.05, 3.63) is 71.5 Å². The molecule has 1 aliphatic carbocycles. The lowest BCUT2D eigenvalue weighted by Crippen LogP contribution is -2.48. The van der Waals surface area contributed by atoms with Crippen LogP contribution in [-0.2, 0) is 5.41 Å². The summed E-state index contributed by atoms with van der Waals surface area (Å²) < 4.78 is 13.2. The van der Waals surface area contributed by atoms with Crippen LogP contribution in [0.1, 0.15) is 36.5 Å². The summed E-state index contributed by atoms with van der Waals surface area (Å²) in [6.07, 6.45) is 2.34. The van der Waals surface area contributed by atoms with Crippen LogP contribution in [0.3, 0.4) is 0 Å². The van der Waals surface area contributed by atoms with Crippen molar-refractivity contribution in [1.29, 1.82) is 0 Å². The molecule has 2 amide bonds. The number of carbonyl (C=O) groups is 1. The van der Waals surface area contributed by atoms with Gasteiger partial charge in [-0.05, 0) is 36.1 Å². The maximum absolute atomic E-state index is 13.2. The number of hydrogen-bond donors (Lipinski definition) is 3. The van der Waals surface area contributed by atoms with Crippen LogP contribution in [0.4, 0.5) is 9.18 Å². The highest BCUT2D eigenvalue weighted by molar-refractivity contribution is 5.74. The fourth-order valence-corrected chi connectivity index (χ4v) is 3.30. The maximum Gasteiger partial charge on any atom is 0.314 e. The van der Waals surface area contributed by atoms with E-state index in [9.17, 15) is 14.3 Å².